The molecular weight excluding hydrogens is 366 g/mol. The number of nitrogens with one attached hydrogen (secondary N) is 1. The van der Waals surface area contributed by atoms with E-state index in [9.17, 15) is 9.18 Å². The molecule has 0 atom stereocenters. The summed E-state index contributed by atoms with van der Waals surface area (Å²) in [4.78, 5) is 16.3. The number of amides is 1. The molecule has 0 aliphatic heterocycles. The highest BCUT2D eigenvalue weighted by Gasteiger charge is 2.16. The third-order valence-corrected chi connectivity index (χ3v) is 4.74. The van der Waals surface area contributed by atoms with Crippen LogP contribution >= 0.6 is 23.2 Å². The summed E-state index contributed by atoms with van der Waals surface area (Å²) in [5.41, 5.74) is 1.38. The first-order valence-electron chi connectivity index (χ1n) is 7.46. The Morgan fingerprint density at radius 3 is 2.64 bits per heavy atom. The van der Waals surface area contributed by atoms with Crippen LogP contribution in [-0.2, 0) is 13.6 Å². The summed E-state index contributed by atoms with van der Waals surface area (Å²) in [5, 5.41) is 3.32. The molecule has 5 nitrogen and oxygen atoms in total. The van der Waals surface area contributed by atoms with Crippen LogP contribution in [0.2, 0.25) is 10.2 Å². The molecule has 0 saturated carbocycles. The van der Waals surface area contributed by atoms with Crippen LogP contribution in [0.3, 0.4) is 0 Å². The Morgan fingerprint density at radius 2 is 2.08 bits per heavy atom. The van der Waals surface area contributed by atoms with Gasteiger partial charge < -0.3 is 14.5 Å². The third-order valence-electron chi connectivity index (χ3n) is 3.90. The van der Waals surface area contributed by atoms with E-state index in [1.54, 1.807) is 43.1 Å². The molecule has 0 bridgehead atoms. The molecule has 1 N–H and O–H groups in total. The van der Waals surface area contributed by atoms with Crippen LogP contribution in [0.25, 0.3) is 5.69 Å². The third kappa shape index (κ3) is 3.41. The Balaban J connectivity index is 1.74. The molecule has 2 aromatic heterocycles. The number of halogens is 3. The summed E-state index contributed by atoms with van der Waals surface area (Å²) < 4.78 is 17.5. The summed E-state index contributed by atoms with van der Waals surface area (Å²) in [6.45, 7) is 1.98. The second-order valence-electron chi connectivity index (χ2n) is 5.54. The minimum atomic E-state index is -0.391. The van der Waals surface area contributed by atoms with Crippen molar-refractivity contribution < 1.29 is 9.18 Å². The van der Waals surface area contributed by atoms with Gasteiger partial charge in [0.05, 0.1) is 10.7 Å². The molecule has 2 heterocycles. The van der Waals surface area contributed by atoms with Crippen LogP contribution in [0.15, 0.2) is 36.7 Å². The fourth-order valence-corrected chi connectivity index (χ4v) is 2.90. The van der Waals surface area contributed by atoms with Crippen LogP contribution in [-0.4, -0.2) is 20.0 Å². The summed E-state index contributed by atoms with van der Waals surface area (Å²) in [7, 11) is 1.64. The van der Waals surface area contributed by atoms with Crippen molar-refractivity contribution in [2.75, 3.05) is 0 Å². The Kier molecular flexibility index (Phi) is 4.83. The van der Waals surface area contributed by atoms with E-state index >= 15 is 0 Å². The Bertz CT molecular complexity index is 948. The molecule has 8 heteroatoms. The van der Waals surface area contributed by atoms with Crippen LogP contribution in [0.5, 0.6) is 0 Å². The van der Waals surface area contributed by atoms with Gasteiger partial charge in [-0.3, -0.25) is 4.79 Å². The van der Waals surface area contributed by atoms with E-state index in [-0.39, 0.29) is 17.6 Å². The maximum Gasteiger partial charge on any atom is 0.268 e. The predicted octanol–water partition coefficient (Wildman–Crippen LogP) is 3.90. The summed E-state index contributed by atoms with van der Waals surface area (Å²) >= 11 is 11.9. The number of nitrogens with zero attached hydrogens (tertiary/aromatic N) is 3. The standard InChI is InChI=1S/C17H15Cl2FN4O/c1-10-21-5-6-24(10)14-4-3-11(7-13(14)20)9-22-17(25)15-8-12(18)16(19)23(15)2/h3-8H,9H2,1-2H3,(H,22,25). The first-order chi connectivity index (χ1) is 11.9. The fourth-order valence-electron chi connectivity index (χ4n) is 2.52. The van der Waals surface area contributed by atoms with Gasteiger partial charge in [0.15, 0.2) is 0 Å². The minimum absolute atomic E-state index is 0.180. The first kappa shape index (κ1) is 17.5. The van der Waals surface area contributed by atoms with Crippen LogP contribution in [0.1, 0.15) is 21.9 Å². The molecular formula is C17H15Cl2FN4O. The monoisotopic (exact) mass is 380 g/mol. The Morgan fingerprint density at radius 1 is 1.32 bits per heavy atom. The second kappa shape index (κ2) is 6.90. The van der Waals surface area contributed by atoms with E-state index in [1.165, 1.54) is 16.7 Å². The highest BCUT2D eigenvalue weighted by molar-refractivity contribution is 6.41. The van der Waals surface area contributed by atoms with Gasteiger partial charge in [0.2, 0.25) is 0 Å². The number of aryl methyl sites for hydroxylation is 1. The number of imidazole rings is 1. The minimum Gasteiger partial charge on any atom is -0.347 e. The number of rotatable bonds is 4. The van der Waals surface area contributed by atoms with Crippen LogP contribution in [0, 0.1) is 12.7 Å². The molecule has 0 spiro atoms. The number of aromatic nitrogens is 3. The first-order valence-corrected chi connectivity index (χ1v) is 8.21. The van der Waals surface area contributed by atoms with Crippen molar-refractivity contribution in [1.29, 1.82) is 0 Å². The maximum absolute atomic E-state index is 14.4. The molecule has 130 valence electrons. The van der Waals surface area contributed by atoms with Crippen LogP contribution in [0.4, 0.5) is 4.39 Å². The lowest BCUT2D eigenvalue weighted by Crippen LogP contribution is -2.25. The van der Waals surface area contributed by atoms with Crippen molar-refractivity contribution in [1.82, 2.24) is 19.4 Å². The van der Waals surface area contributed by atoms with E-state index in [2.05, 4.69) is 10.3 Å². The van der Waals surface area contributed by atoms with E-state index in [4.69, 9.17) is 23.2 Å². The van der Waals surface area contributed by atoms with Crippen molar-refractivity contribution in [3.63, 3.8) is 0 Å². The molecule has 0 fully saturated rings. The lowest BCUT2D eigenvalue weighted by atomic mass is 10.2. The van der Waals surface area contributed by atoms with Crippen molar-refractivity contribution in [3.8, 4) is 5.69 Å². The zero-order chi connectivity index (χ0) is 18.1. The molecule has 0 saturated heterocycles. The van der Waals surface area contributed by atoms with Gasteiger partial charge in [-0.15, -0.1) is 0 Å². The molecule has 0 unspecified atom stereocenters. The Hall–Kier alpha value is -2.31. The highest BCUT2D eigenvalue weighted by atomic mass is 35.5. The quantitative estimate of drug-likeness (QED) is 0.746. The number of hydrogen-bond donors (Lipinski definition) is 1. The van der Waals surface area contributed by atoms with E-state index in [1.807, 2.05) is 0 Å². The topological polar surface area (TPSA) is 51.9 Å². The maximum atomic E-state index is 14.4. The van der Waals surface area contributed by atoms with E-state index in [0.717, 1.165) is 0 Å². The fraction of sp³-hybridized carbons (Fsp3) is 0.176. The molecule has 1 amide bonds. The molecule has 1 aromatic carbocycles. The average molecular weight is 381 g/mol. The van der Waals surface area contributed by atoms with Crippen molar-refractivity contribution in [2.24, 2.45) is 7.05 Å². The molecule has 0 aliphatic rings. The number of benzene rings is 1. The molecule has 25 heavy (non-hydrogen) atoms. The van der Waals surface area contributed by atoms with Crippen molar-refractivity contribution >= 4 is 29.1 Å². The van der Waals surface area contributed by atoms with E-state index in [0.29, 0.717) is 27.8 Å². The average Bonchev–Trinajstić information content (AvgIpc) is 3.11. The number of carbonyl (C=O) groups excluding carboxylic acids is 1. The number of hydrogen-bond acceptors (Lipinski definition) is 2. The summed E-state index contributed by atoms with van der Waals surface area (Å²) in [6, 6.07) is 6.29. The zero-order valence-corrected chi connectivity index (χ0v) is 15.1. The SMILES string of the molecule is Cc1nccn1-c1ccc(CNC(=O)c2cc(Cl)c(Cl)n2C)cc1F. The van der Waals surface area contributed by atoms with E-state index < -0.39 is 5.82 Å². The normalized spacial score (nSPS) is 10.9. The van der Waals surface area contributed by atoms with Crippen molar-refractivity contribution in [3.05, 3.63) is 69.7 Å². The lowest BCUT2D eigenvalue weighted by Gasteiger charge is -2.10. The van der Waals surface area contributed by atoms with Gasteiger partial charge in [0.1, 0.15) is 22.5 Å². The lowest BCUT2D eigenvalue weighted by molar-refractivity contribution is 0.0942. The number of carbonyl (C=O) groups is 1. The smallest absolute Gasteiger partial charge is 0.268 e. The van der Waals surface area contributed by atoms with Crippen molar-refractivity contribution in [2.45, 2.75) is 13.5 Å². The molecule has 0 radical (unpaired) electrons. The predicted molar refractivity (Wildman–Crippen MR) is 94.9 cm³/mol. The second-order valence-corrected chi connectivity index (χ2v) is 6.31. The molecule has 3 aromatic rings. The highest BCUT2D eigenvalue weighted by Crippen LogP contribution is 2.25. The van der Waals surface area contributed by atoms with Gasteiger partial charge in [0, 0.05) is 26.0 Å². The summed E-state index contributed by atoms with van der Waals surface area (Å²) in [6.07, 6.45) is 3.30. The summed E-state index contributed by atoms with van der Waals surface area (Å²) in [5.74, 6) is -0.0403. The largest absolute Gasteiger partial charge is 0.347 e. The van der Waals surface area contributed by atoms with Gasteiger partial charge in [-0.1, -0.05) is 29.3 Å². The molecule has 3 rings (SSSR count). The zero-order valence-electron chi connectivity index (χ0n) is 13.6. The van der Waals surface area contributed by atoms with Gasteiger partial charge in [-0.05, 0) is 30.7 Å². The van der Waals surface area contributed by atoms with Gasteiger partial charge in [-0.2, -0.15) is 0 Å². The van der Waals surface area contributed by atoms with Gasteiger partial charge in [-0.25, -0.2) is 9.37 Å². The van der Waals surface area contributed by atoms with Gasteiger partial charge in [0.25, 0.3) is 5.91 Å². The molecule has 0 aliphatic carbocycles. The van der Waals surface area contributed by atoms with Gasteiger partial charge >= 0.3 is 0 Å². The van der Waals surface area contributed by atoms with Crippen LogP contribution < -0.4 is 5.32 Å². The Labute approximate surface area is 154 Å².